The number of rotatable bonds is 8. The average Bonchev–Trinajstić information content (AvgIpc) is 3.18. The molecule has 2 heterocycles. The van der Waals surface area contributed by atoms with Crippen molar-refractivity contribution in [2.24, 2.45) is 0 Å². The molecule has 0 aliphatic rings. The van der Waals surface area contributed by atoms with Gasteiger partial charge in [-0.3, -0.25) is 4.79 Å². The van der Waals surface area contributed by atoms with E-state index >= 15 is 0 Å². The second kappa shape index (κ2) is 9.82. The molecule has 0 bridgehead atoms. The molecule has 8 nitrogen and oxygen atoms in total. The lowest BCUT2D eigenvalue weighted by atomic mass is 10.1. The van der Waals surface area contributed by atoms with Gasteiger partial charge in [0.15, 0.2) is 23.8 Å². The number of methoxy groups -OCH3 is 2. The van der Waals surface area contributed by atoms with E-state index in [0.717, 1.165) is 28.8 Å². The molecule has 0 aliphatic heterocycles. The van der Waals surface area contributed by atoms with Gasteiger partial charge in [0, 0.05) is 23.2 Å². The van der Waals surface area contributed by atoms with Crippen LogP contribution in [0.1, 0.15) is 23.7 Å². The predicted molar refractivity (Wildman–Crippen MR) is 131 cm³/mol. The minimum absolute atomic E-state index is 0.187. The minimum atomic E-state index is -0.310. The summed E-state index contributed by atoms with van der Waals surface area (Å²) in [6.07, 6.45) is 0.785. The molecule has 0 saturated heterocycles. The number of anilines is 1. The van der Waals surface area contributed by atoms with Gasteiger partial charge in [0.25, 0.3) is 5.91 Å². The van der Waals surface area contributed by atoms with E-state index in [2.05, 4.69) is 12.2 Å². The van der Waals surface area contributed by atoms with Gasteiger partial charge < -0.3 is 19.5 Å². The standard InChI is InChI=1S/C26H28N4O4/c1-6-18-13-24(34-15-23(31)27-19-9-12-21(32-4)22(14-19)33-5)28-26-25(18)17(3)29-30(26)20-10-7-16(2)8-11-20/h7-14H,6,15H2,1-5H3,(H,27,31). The topological polar surface area (TPSA) is 87.5 Å². The van der Waals surface area contributed by atoms with E-state index in [1.807, 2.05) is 48.9 Å². The molecule has 2 aromatic heterocycles. The van der Waals surface area contributed by atoms with Crippen LogP contribution in [0.4, 0.5) is 5.69 Å². The van der Waals surface area contributed by atoms with Crippen LogP contribution in [0.25, 0.3) is 16.7 Å². The van der Waals surface area contributed by atoms with E-state index < -0.39 is 0 Å². The molecular formula is C26H28N4O4. The Morgan fingerprint density at radius 3 is 2.41 bits per heavy atom. The molecule has 0 atom stereocenters. The van der Waals surface area contributed by atoms with Crippen LogP contribution in [-0.4, -0.2) is 41.5 Å². The minimum Gasteiger partial charge on any atom is -0.493 e. The Labute approximate surface area is 198 Å². The van der Waals surface area contributed by atoms with Crippen molar-refractivity contribution < 1.29 is 19.0 Å². The summed E-state index contributed by atoms with van der Waals surface area (Å²) >= 11 is 0. The number of hydrogen-bond donors (Lipinski definition) is 1. The van der Waals surface area contributed by atoms with Crippen molar-refractivity contribution in [3.05, 3.63) is 65.4 Å². The molecule has 8 heteroatoms. The number of ether oxygens (including phenoxy) is 3. The molecule has 0 radical (unpaired) electrons. The van der Waals surface area contributed by atoms with Gasteiger partial charge in [0.05, 0.1) is 25.6 Å². The number of aromatic nitrogens is 3. The van der Waals surface area contributed by atoms with Gasteiger partial charge in [0.1, 0.15) is 0 Å². The number of benzene rings is 2. The molecule has 4 rings (SSSR count). The van der Waals surface area contributed by atoms with Crippen LogP contribution in [0.3, 0.4) is 0 Å². The first-order valence-corrected chi connectivity index (χ1v) is 11.0. The van der Waals surface area contributed by atoms with Gasteiger partial charge in [-0.2, -0.15) is 10.1 Å². The Morgan fingerprint density at radius 2 is 1.74 bits per heavy atom. The van der Waals surface area contributed by atoms with Crippen molar-refractivity contribution >= 4 is 22.6 Å². The van der Waals surface area contributed by atoms with Gasteiger partial charge in [-0.1, -0.05) is 24.6 Å². The van der Waals surface area contributed by atoms with Crippen molar-refractivity contribution in [1.29, 1.82) is 0 Å². The van der Waals surface area contributed by atoms with Crippen LogP contribution in [-0.2, 0) is 11.2 Å². The first-order valence-electron chi connectivity index (χ1n) is 11.0. The van der Waals surface area contributed by atoms with Crippen molar-refractivity contribution in [3.8, 4) is 23.1 Å². The van der Waals surface area contributed by atoms with Gasteiger partial charge in [-0.25, -0.2) is 4.68 Å². The Balaban J connectivity index is 1.57. The molecule has 0 aliphatic carbocycles. The molecule has 0 fully saturated rings. The Morgan fingerprint density at radius 1 is 1.00 bits per heavy atom. The predicted octanol–water partition coefficient (Wildman–Crippen LogP) is 4.63. The van der Waals surface area contributed by atoms with Crippen LogP contribution in [0.5, 0.6) is 17.4 Å². The zero-order valence-corrected chi connectivity index (χ0v) is 20.0. The maximum Gasteiger partial charge on any atom is 0.262 e. The van der Waals surface area contributed by atoms with Crippen LogP contribution >= 0.6 is 0 Å². The van der Waals surface area contributed by atoms with E-state index in [4.69, 9.17) is 24.3 Å². The number of pyridine rings is 1. The summed E-state index contributed by atoms with van der Waals surface area (Å²) in [5.41, 5.74) is 5.34. The van der Waals surface area contributed by atoms with E-state index in [9.17, 15) is 4.79 Å². The Bertz CT molecular complexity index is 1330. The molecule has 34 heavy (non-hydrogen) atoms. The first-order chi connectivity index (χ1) is 16.4. The first kappa shape index (κ1) is 23.1. The quantitative estimate of drug-likeness (QED) is 0.412. The molecule has 176 valence electrons. The van der Waals surface area contributed by atoms with Crippen LogP contribution in [0, 0.1) is 13.8 Å². The fourth-order valence-corrected chi connectivity index (χ4v) is 3.82. The third-order valence-corrected chi connectivity index (χ3v) is 5.55. The molecule has 4 aromatic rings. The Hall–Kier alpha value is -4.07. The molecular weight excluding hydrogens is 432 g/mol. The normalized spacial score (nSPS) is 10.9. The number of nitrogens with one attached hydrogen (secondary N) is 1. The van der Waals surface area contributed by atoms with E-state index in [1.54, 1.807) is 32.4 Å². The summed E-state index contributed by atoms with van der Waals surface area (Å²) in [5, 5.41) is 8.53. The Kier molecular flexibility index (Phi) is 6.67. The van der Waals surface area contributed by atoms with Crippen molar-refractivity contribution in [2.45, 2.75) is 27.2 Å². The van der Waals surface area contributed by atoms with Gasteiger partial charge in [-0.15, -0.1) is 0 Å². The maximum absolute atomic E-state index is 12.5. The molecule has 2 aromatic carbocycles. The third-order valence-electron chi connectivity index (χ3n) is 5.55. The van der Waals surface area contributed by atoms with Crippen molar-refractivity contribution in [3.63, 3.8) is 0 Å². The highest BCUT2D eigenvalue weighted by atomic mass is 16.5. The molecule has 1 N–H and O–H groups in total. The zero-order valence-electron chi connectivity index (χ0n) is 20.0. The number of nitrogens with zero attached hydrogens (tertiary/aromatic N) is 3. The largest absolute Gasteiger partial charge is 0.493 e. The summed E-state index contributed by atoms with van der Waals surface area (Å²) in [7, 11) is 3.10. The number of carbonyl (C=O) groups excluding carboxylic acids is 1. The van der Waals surface area contributed by atoms with Crippen molar-refractivity contribution in [2.75, 3.05) is 26.1 Å². The lowest BCUT2D eigenvalue weighted by Gasteiger charge is -2.12. The average molecular weight is 461 g/mol. The highest BCUT2D eigenvalue weighted by Gasteiger charge is 2.17. The highest BCUT2D eigenvalue weighted by molar-refractivity contribution is 5.92. The van der Waals surface area contributed by atoms with Crippen molar-refractivity contribution in [1.82, 2.24) is 14.8 Å². The lowest BCUT2D eigenvalue weighted by molar-refractivity contribution is -0.118. The smallest absolute Gasteiger partial charge is 0.262 e. The number of amides is 1. The molecule has 1 amide bonds. The van der Waals surface area contributed by atoms with Gasteiger partial charge in [-0.05, 0) is 50.1 Å². The fourth-order valence-electron chi connectivity index (χ4n) is 3.82. The van der Waals surface area contributed by atoms with Gasteiger partial charge >= 0.3 is 0 Å². The highest BCUT2D eigenvalue weighted by Crippen LogP contribution is 2.30. The summed E-state index contributed by atoms with van der Waals surface area (Å²) in [6.45, 7) is 5.91. The molecule has 0 unspecified atom stereocenters. The molecule has 0 spiro atoms. The monoisotopic (exact) mass is 460 g/mol. The SMILES string of the molecule is CCc1cc(OCC(=O)Nc2ccc(OC)c(OC)c2)nc2c1c(C)nn2-c1ccc(C)cc1. The maximum atomic E-state index is 12.5. The number of hydrogen-bond acceptors (Lipinski definition) is 6. The summed E-state index contributed by atoms with van der Waals surface area (Å²) in [4.78, 5) is 17.2. The lowest BCUT2D eigenvalue weighted by Crippen LogP contribution is -2.20. The van der Waals surface area contributed by atoms with E-state index in [1.165, 1.54) is 5.56 Å². The third kappa shape index (κ3) is 4.66. The summed E-state index contributed by atoms with van der Waals surface area (Å²) in [6, 6.07) is 15.1. The fraction of sp³-hybridized carbons (Fsp3) is 0.269. The van der Waals surface area contributed by atoms with E-state index in [0.29, 0.717) is 28.7 Å². The van der Waals surface area contributed by atoms with Crippen LogP contribution in [0.2, 0.25) is 0 Å². The van der Waals surface area contributed by atoms with Crippen LogP contribution < -0.4 is 19.5 Å². The second-order valence-corrected chi connectivity index (χ2v) is 7.91. The number of carbonyl (C=O) groups is 1. The summed E-state index contributed by atoms with van der Waals surface area (Å²) in [5.74, 6) is 1.18. The zero-order chi connectivity index (χ0) is 24.2. The van der Waals surface area contributed by atoms with Crippen LogP contribution in [0.15, 0.2) is 48.5 Å². The number of aryl methyl sites for hydroxylation is 3. The number of fused-ring (bicyclic) bond motifs is 1. The van der Waals surface area contributed by atoms with E-state index in [-0.39, 0.29) is 12.5 Å². The summed E-state index contributed by atoms with van der Waals surface area (Å²) < 4.78 is 18.1. The van der Waals surface area contributed by atoms with Gasteiger partial charge in [0.2, 0.25) is 5.88 Å². The molecule has 0 saturated carbocycles. The second-order valence-electron chi connectivity index (χ2n) is 7.91.